The molecule has 2 unspecified atom stereocenters. The van der Waals surface area contributed by atoms with Crippen molar-refractivity contribution in [2.45, 2.75) is 80.1 Å². The van der Waals surface area contributed by atoms with Crippen molar-refractivity contribution in [1.82, 2.24) is 0 Å². The molecule has 11 N–H and O–H groups in total. The number of carbonyl (C=O) groups excluding carboxylic acids is 7. The van der Waals surface area contributed by atoms with Gasteiger partial charge in [-0.2, -0.15) is 0 Å². The van der Waals surface area contributed by atoms with Gasteiger partial charge in [0, 0.05) is 59.6 Å². The molecule has 29 heteroatoms. The summed E-state index contributed by atoms with van der Waals surface area (Å²) >= 11 is 0. The molecule has 0 fully saturated rings. The molecule has 2 atom stereocenters. The highest BCUT2D eigenvalue weighted by Crippen LogP contribution is 2.40. The number of carbonyl (C=O) groups is 7. The number of phenols is 3. The number of rotatable bonds is 22. The summed E-state index contributed by atoms with van der Waals surface area (Å²) < 4.78 is 102. The molecule has 9 rings (SSSR count). The van der Waals surface area contributed by atoms with Crippen LogP contribution in [-0.2, 0) is 48.7 Å². The predicted octanol–water partition coefficient (Wildman–Crippen LogP) is 11.3. The smallest absolute Gasteiger partial charge is 0.255 e. The number of phenolic OH excluding ortho intramolecular Hbond substituents is 3. The Morgan fingerprint density at radius 2 is 0.961 bits per heavy atom. The number of aromatic hydroxyl groups is 3. The van der Waals surface area contributed by atoms with Gasteiger partial charge in [0.1, 0.15) is 50.8 Å². The van der Waals surface area contributed by atoms with E-state index in [1.54, 1.807) is 98.8 Å². The van der Waals surface area contributed by atoms with Crippen molar-refractivity contribution in [1.29, 1.82) is 0 Å². The number of primary amides is 1. The molecule has 9 aromatic carbocycles. The van der Waals surface area contributed by atoms with E-state index in [1.807, 2.05) is 13.8 Å². The Bertz CT molecular complexity index is 4990. The van der Waals surface area contributed by atoms with Gasteiger partial charge in [-0.3, -0.25) is 33.6 Å². The van der Waals surface area contributed by atoms with Crippen LogP contribution in [0.4, 0.5) is 38.5 Å². The van der Waals surface area contributed by atoms with Gasteiger partial charge in [0.25, 0.3) is 11.8 Å². The highest BCUT2D eigenvalue weighted by atomic mass is 32.2. The van der Waals surface area contributed by atoms with E-state index in [0.717, 1.165) is 34.4 Å². The van der Waals surface area contributed by atoms with Crippen LogP contribution < -0.4 is 47.1 Å². The summed E-state index contributed by atoms with van der Waals surface area (Å²) in [6, 6.07) is 45.9. The molecular formula is C73H72FN7O18S3. The van der Waals surface area contributed by atoms with Crippen LogP contribution in [0, 0.1) is 33.5 Å². The molecule has 0 aromatic heterocycles. The highest BCUT2D eigenvalue weighted by molar-refractivity contribution is 7.93. The Labute approximate surface area is 587 Å². The summed E-state index contributed by atoms with van der Waals surface area (Å²) in [6.07, 6.45) is -0.0282. The number of halogens is 1. The lowest BCUT2D eigenvalue weighted by Crippen LogP contribution is -2.35. The van der Waals surface area contributed by atoms with Gasteiger partial charge in [0.2, 0.25) is 29.5 Å². The average molecular weight is 1450 g/mol. The van der Waals surface area contributed by atoms with Gasteiger partial charge in [0.15, 0.2) is 35.3 Å². The number of benzene rings is 9. The number of amides is 7. The first-order valence-corrected chi connectivity index (χ1v) is 35.6. The van der Waals surface area contributed by atoms with Crippen LogP contribution >= 0.6 is 0 Å². The van der Waals surface area contributed by atoms with Crippen molar-refractivity contribution in [3.8, 4) is 34.5 Å². The Morgan fingerprint density at radius 3 is 1.48 bits per heavy atom. The summed E-state index contributed by atoms with van der Waals surface area (Å²) in [5.41, 5.74) is 9.21. The summed E-state index contributed by atoms with van der Waals surface area (Å²) in [4.78, 5) is 85.3. The standard InChI is InChI=1S/C31H30N2O7S.C23H21N3O6S.C19H21FN2O5S/c1-19-5-9-22(10-6-19)31(36)32-26-18-29(40-24-13-11-23(39-4)12-14-24)27(17-28(26)34)33-30(35)21(3)41(37,38)25-15-7-20(2)8-16-25;1-14-3-2-4-18(11-14)33(31,32)13-21(28)25-17-9-10-19(20(27)12-17)26-23(30)16-7-5-15(6-8-16)22(24)29;1-4-18(28(26,27)13-7-5-11(2)6-8-13)19(25)22-15-10-17(24)16(9-14(15)20)21-12(3)23/h5-18,21,34H,1-4H3,(H,32,36)(H,33,35);2-12,27H,13H2,1H3,(H2,24,29)(H,25,28)(H,26,30);5-10,18,24H,4H2,1-3H3,(H,21,23)(H,22,25). The number of hydrogen-bond donors (Lipinski definition) is 10. The highest BCUT2D eigenvalue weighted by Gasteiger charge is 2.34. The van der Waals surface area contributed by atoms with Crippen LogP contribution in [0.1, 0.15) is 80.5 Å². The van der Waals surface area contributed by atoms with Crippen LogP contribution in [0.5, 0.6) is 34.5 Å². The quantitative estimate of drug-likeness (QED) is 0.0282. The number of ether oxygens (including phenoxy) is 2. The zero-order chi connectivity index (χ0) is 75.0. The third-order valence-electron chi connectivity index (χ3n) is 15.1. The molecule has 0 saturated carbocycles. The Morgan fingerprint density at radius 1 is 0.480 bits per heavy atom. The van der Waals surface area contributed by atoms with Gasteiger partial charge in [-0.25, -0.2) is 29.6 Å². The predicted molar refractivity (Wildman–Crippen MR) is 383 cm³/mol. The summed E-state index contributed by atoms with van der Waals surface area (Å²) in [5.74, 6) is -6.53. The molecule has 0 saturated heterocycles. The van der Waals surface area contributed by atoms with E-state index in [4.69, 9.17) is 15.2 Å². The van der Waals surface area contributed by atoms with Crippen LogP contribution in [0.3, 0.4) is 0 Å². The molecule has 532 valence electrons. The first-order chi connectivity index (χ1) is 48.1. The first-order valence-electron chi connectivity index (χ1n) is 30.8. The molecule has 0 aliphatic carbocycles. The minimum Gasteiger partial charge on any atom is -0.506 e. The van der Waals surface area contributed by atoms with Crippen LogP contribution in [-0.4, -0.2) is 105 Å². The maximum absolute atomic E-state index is 14.2. The van der Waals surface area contributed by atoms with Crippen molar-refractivity contribution >= 4 is 105 Å². The van der Waals surface area contributed by atoms with Crippen molar-refractivity contribution in [2.24, 2.45) is 5.73 Å². The van der Waals surface area contributed by atoms with Gasteiger partial charge in [-0.15, -0.1) is 0 Å². The van der Waals surface area contributed by atoms with Crippen molar-refractivity contribution < 1.29 is 88.0 Å². The number of sulfone groups is 3. The molecule has 0 aliphatic rings. The fourth-order valence-electron chi connectivity index (χ4n) is 9.38. The Hall–Kier alpha value is -12.0. The summed E-state index contributed by atoms with van der Waals surface area (Å²) in [5, 5.41) is 42.5. The SMILES string of the molecule is CCC(C(=O)Nc1cc(O)c(NC(C)=O)cc1F)S(=O)(=O)c1ccc(C)cc1.COc1ccc(Oc2cc(NC(=O)c3ccc(C)cc3)c(O)cc2NC(=O)C(C)S(=O)(=O)c2ccc(C)cc2)cc1.Cc1cccc(S(=O)(=O)CC(=O)Nc2ccc(NC(=O)c3ccc(C(N)=O)cc3)c(O)c2)c1. The van der Waals surface area contributed by atoms with E-state index < -0.39 is 104 Å². The van der Waals surface area contributed by atoms with E-state index in [0.29, 0.717) is 17.1 Å². The molecule has 0 bridgehead atoms. The topological polar surface area (TPSA) is 399 Å². The van der Waals surface area contributed by atoms with Gasteiger partial charge >= 0.3 is 0 Å². The fraction of sp³-hybridized carbons (Fsp3) is 0.164. The van der Waals surface area contributed by atoms with Crippen molar-refractivity contribution in [2.75, 3.05) is 44.8 Å². The maximum Gasteiger partial charge on any atom is 0.255 e. The summed E-state index contributed by atoms with van der Waals surface area (Å²) in [7, 11) is -10.3. The lowest BCUT2D eigenvalue weighted by molar-refractivity contribution is -0.116. The second kappa shape index (κ2) is 33.7. The third kappa shape index (κ3) is 20.6. The lowest BCUT2D eigenvalue weighted by Gasteiger charge is -2.18. The number of nitrogens with two attached hydrogens (primary N) is 1. The number of nitrogens with one attached hydrogen (secondary N) is 6. The molecule has 7 amide bonds. The van der Waals surface area contributed by atoms with E-state index in [2.05, 4.69) is 31.9 Å². The van der Waals surface area contributed by atoms with Gasteiger partial charge in [0.05, 0.1) is 50.2 Å². The Balaban J connectivity index is 0.000000219. The summed E-state index contributed by atoms with van der Waals surface area (Å²) in [6.45, 7) is 11.3. The number of aryl methyl sites for hydroxylation is 4. The molecule has 25 nitrogen and oxygen atoms in total. The average Bonchev–Trinajstić information content (AvgIpc) is 0.803. The van der Waals surface area contributed by atoms with Crippen LogP contribution in [0.2, 0.25) is 0 Å². The second-order valence-corrected chi connectivity index (χ2v) is 29.4. The van der Waals surface area contributed by atoms with E-state index in [1.165, 1.54) is 119 Å². The molecule has 0 radical (unpaired) electrons. The molecule has 0 aliphatic heterocycles. The van der Waals surface area contributed by atoms with E-state index in [9.17, 15) is 78.5 Å². The van der Waals surface area contributed by atoms with Crippen molar-refractivity contribution in [3.05, 3.63) is 233 Å². The minimum absolute atomic E-state index is 0.00242. The molecule has 9 aromatic rings. The zero-order valence-electron chi connectivity index (χ0n) is 56.1. The van der Waals surface area contributed by atoms with Crippen LogP contribution in [0.25, 0.3) is 0 Å². The molecular weight excluding hydrogens is 1380 g/mol. The van der Waals surface area contributed by atoms with E-state index >= 15 is 0 Å². The maximum atomic E-state index is 14.2. The second-order valence-electron chi connectivity index (χ2n) is 23.0. The largest absolute Gasteiger partial charge is 0.506 e. The number of anilines is 6. The van der Waals surface area contributed by atoms with Gasteiger partial charge in [-0.05, 0) is 156 Å². The normalized spacial score (nSPS) is 11.7. The number of methoxy groups -OCH3 is 1. The van der Waals surface area contributed by atoms with Gasteiger partial charge < -0.3 is 62.4 Å². The zero-order valence-corrected chi connectivity index (χ0v) is 58.6. The lowest BCUT2D eigenvalue weighted by atomic mass is 10.1. The third-order valence-corrected chi connectivity index (χ3v) is 21.0. The Kier molecular flexibility index (Phi) is 25.6. The molecule has 0 spiro atoms. The van der Waals surface area contributed by atoms with E-state index in [-0.39, 0.29) is 77.9 Å². The molecule has 0 heterocycles. The van der Waals surface area contributed by atoms with Crippen LogP contribution in [0.15, 0.2) is 203 Å². The molecule has 102 heavy (non-hydrogen) atoms. The monoisotopic (exact) mass is 1450 g/mol. The fourth-order valence-corrected chi connectivity index (χ4v) is 13.5. The van der Waals surface area contributed by atoms with Gasteiger partial charge in [-0.1, -0.05) is 72.1 Å². The number of hydrogen-bond acceptors (Lipinski definition) is 18. The minimum atomic E-state index is -4.01. The van der Waals surface area contributed by atoms with Crippen molar-refractivity contribution in [3.63, 3.8) is 0 Å². The first kappa shape index (κ1) is 77.4.